The molecule has 0 unspecified atom stereocenters. The van der Waals surface area contributed by atoms with Crippen LogP contribution < -0.4 is 4.90 Å². The summed E-state index contributed by atoms with van der Waals surface area (Å²) in [6, 6.07) is 9.08. The summed E-state index contributed by atoms with van der Waals surface area (Å²) in [5.74, 6) is 0. The average molecular weight is 230 g/mol. The first-order chi connectivity index (χ1) is 8.23. The average Bonchev–Trinajstić information content (AvgIpc) is 2.69. The molecule has 0 amide bonds. The number of likely N-dealkylation sites (N-methyl/N-ethyl adjacent to an activating group) is 1. The zero-order valence-corrected chi connectivity index (χ0v) is 10.9. The second-order valence-electron chi connectivity index (χ2n) is 5.63. The summed E-state index contributed by atoms with van der Waals surface area (Å²) in [4.78, 5) is 5.07. The summed E-state index contributed by atoms with van der Waals surface area (Å²) in [5.41, 5.74) is 3.33. The fraction of sp³-hybridized carbons (Fsp3) is 0.600. The lowest BCUT2D eigenvalue weighted by Crippen LogP contribution is -2.67. The van der Waals surface area contributed by atoms with Crippen LogP contribution in [0.15, 0.2) is 24.3 Å². The number of benzene rings is 1. The molecule has 2 fully saturated rings. The van der Waals surface area contributed by atoms with Gasteiger partial charge in [-0.3, -0.25) is 4.90 Å². The van der Waals surface area contributed by atoms with E-state index in [0.29, 0.717) is 5.54 Å². The first-order valence-electron chi connectivity index (χ1n) is 6.79. The van der Waals surface area contributed by atoms with E-state index in [1.54, 1.807) is 0 Å². The molecule has 0 N–H and O–H groups in total. The molecule has 92 valence electrons. The minimum absolute atomic E-state index is 0.503. The third-order valence-corrected chi connectivity index (χ3v) is 4.63. The first-order valence-corrected chi connectivity index (χ1v) is 6.79. The molecule has 1 aromatic carbocycles. The van der Waals surface area contributed by atoms with E-state index in [-0.39, 0.29) is 0 Å². The third-order valence-electron chi connectivity index (χ3n) is 4.63. The van der Waals surface area contributed by atoms with E-state index >= 15 is 0 Å². The van der Waals surface area contributed by atoms with Gasteiger partial charge in [0.05, 0.1) is 5.54 Å². The zero-order chi connectivity index (χ0) is 11.9. The molecule has 0 radical (unpaired) electrons. The van der Waals surface area contributed by atoms with Crippen molar-refractivity contribution < 1.29 is 0 Å². The van der Waals surface area contributed by atoms with Gasteiger partial charge in [-0.2, -0.15) is 0 Å². The standard InChI is InChI=1S/C15H22N2/c1-3-13-5-7-14(8-6-13)17-11-15(12-17)9-4-10-16(15)2/h5-8H,3-4,9-12H2,1-2H3. The molecule has 0 bridgehead atoms. The molecular formula is C15H22N2. The van der Waals surface area contributed by atoms with Crippen LogP contribution in [0.5, 0.6) is 0 Å². The maximum atomic E-state index is 2.56. The van der Waals surface area contributed by atoms with Crippen LogP contribution in [-0.2, 0) is 6.42 Å². The highest BCUT2D eigenvalue weighted by atomic mass is 15.4. The molecule has 2 aliphatic heterocycles. The van der Waals surface area contributed by atoms with Crippen molar-refractivity contribution in [3.8, 4) is 0 Å². The van der Waals surface area contributed by atoms with Crippen LogP contribution in [0.25, 0.3) is 0 Å². The molecule has 3 rings (SSSR count). The molecule has 2 saturated heterocycles. The van der Waals surface area contributed by atoms with Gasteiger partial charge in [0.2, 0.25) is 0 Å². The van der Waals surface area contributed by atoms with Crippen molar-refractivity contribution in [3.05, 3.63) is 29.8 Å². The molecule has 1 aromatic rings. The van der Waals surface area contributed by atoms with Crippen molar-refractivity contribution in [2.45, 2.75) is 31.7 Å². The molecule has 2 nitrogen and oxygen atoms in total. The SMILES string of the molecule is CCc1ccc(N2CC3(CCCN3C)C2)cc1. The van der Waals surface area contributed by atoms with Gasteiger partial charge in [0.25, 0.3) is 0 Å². The van der Waals surface area contributed by atoms with Crippen LogP contribution in [0.3, 0.4) is 0 Å². The van der Waals surface area contributed by atoms with Crippen molar-refractivity contribution in [3.63, 3.8) is 0 Å². The molecule has 2 heterocycles. The Kier molecular flexibility index (Phi) is 2.62. The number of nitrogens with zero attached hydrogens (tertiary/aromatic N) is 2. The maximum absolute atomic E-state index is 2.56. The summed E-state index contributed by atoms with van der Waals surface area (Å²) in [7, 11) is 2.28. The fourth-order valence-corrected chi connectivity index (χ4v) is 3.26. The highest BCUT2D eigenvalue weighted by Gasteiger charge is 2.48. The van der Waals surface area contributed by atoms with E-state index in [0.717, 1.165) is 6.42 Å². The van der Waals surface area contributed by atoms with Crippen molar-refractivity contribution in [2.75, 3.05) is 31.6 Å². The van der Waals surface area contributed by atoms with E-state index in [4.69, 9.17) is 0 Å². The minimum atomic E-state index is 0.503. The summed E-state index contributed by atoms with van der Waals surface area (Å²) >= 11 is 0. The Labute approximate surface area is 104 Å². The van der Waals surface area contributed by atoms with Crippen molar-refractivity contribution in [2.24, 2.45) is 0 Å². The molecule has 17 heavy (non-hydrogen) atoms. The van der Waals surface area contributed by atoms with Gasteiger partial charge in [-0.25, -0.2) is 0 Å². The Morgan fingerprint density at radius 2 is 1.88 bits per heavy atom. The normalized spacial score (nSPS) is 23.1. The van der Waals surface area contributed by atoms with E-state index in [2.05, 4.69) is 48.0 Å². The number of likely N-dealkylation sites (tertiary alicyclic amines) is 1. The molecule has 0 saturated carbocycles. The minimum Gasteiger partial charge on any atom is -0.368 e. The third kappa shape index (κ3) is 1.75. The van der Waals surface area contributed by atoms with Gasteiger partial charge in [0.1, 0.15) is 0 Å². The Morgan fingerprint density at radius 3 is 2.41 bits per heavy atom. The monoisotopic (exact) mass is 230 g/mol. The number of anilines is 1. The quantitative estimate of drug-likeness (QED) is 0.770. The Balaban J connectivity index is 1.68. The molecular weight excluding hydrogens is 208 g/mol. The topological polar surface area (TPSA) is 6.48 Å². The van der Waals surface area contributed by atoms with Gasteiger partial charge in [-0.1, -0.05) is 19.1 Å². The smallest absolute Gasteiger partial charge is 0.0557 e. The number of hydrogen-bond acceptors (Lipinski definition) is 2. The maximum Gasteiger partial charge on any atom is 0.0557 e. The van der Waals surface area contributed by atoms with E-state index in [1.165, 1.54) is 43.7 Å². The molecule has 0 aliphatic carbocycles. The van der Waals surface area contributed by atoms with Crippen molar-refractivity contribution in [1.82, 2.24) is 4.90 Å². The Bertz CT molecular complexity index is 390. The van der Waals surface area contributed by atoms with Gasteiger partial charge < -0.3 is 4.90 Å². The molecule has 0 aromatic heterocycles. The largest absolute Gasteiger partial charge is 0.368 e. The number of hydrogen-bond donors (Lipinski definition) is 0. The molecule has 0 atom stereocenters. The van der Waals surface area contributed by atoms with Crippen molar-refractivity contribution in [1.29, 1.82) is 0 Å². The van der Waals surface area contributed by atoms with Gasteiger partial charge in [-0.15, -0.1) is 0 Å². The Hall–Kier alpha value is -1.02. The second kappa shape index (κ2) is 4.02. The lowest BCUT2D eigenvalue weighted by Gasteiger charge is -2.53. The molecule has 2 aliphatic rings. The van der Waals surface area contributed by atoms with Crippen LogP contribution >= 0.6 is 0 Å². The predicted molar refractivity (Wildman–Crippen MR) is 72.6 cm³/mol. The van der Waals surface area contributed by atoms with Gasteiger partial charge in [0, 0.05) is 18.8 Å². The fourth-order valence-electron chi connectivity index (χ4n) is 3.26. The lowest BCUT2D eigenvalue weighted by molar-refractivity contribution is 0.133. The van der Waals surface area contributed by atoms with E-state index in [9.17, 15) is 0 Å². The summed E-state index contributed by atoms with van der Waals surface area (Å²) < 4.78 is 0. The summed E-state index contributed by atoms with van der Waals surface area (Å²) in [5, 5.41) is 0. The Morgan fingerprint density at radius 1 is 1.18 bits per heavy atom. The van der Waals surface area contributed by atoms with Crippen LogP contribution in [0.1, 0.15) is 25.3 Å². The number of aryl methyl sites for hydroxylation is 1. The van der Waals surface area contributed by atoms with E-state index < -0.39 is 0 Å². The molecule has 1 spiro atoms. The molecule has 2 heteroatoms. The number of rotatable bonds is 2. The van der Waals surface area contributed by atoms with Gasteiger partial charge in [-0.05, 0) is 50.6 Å². The van der Waals surface area contributed by atoms with Crippen LogP contribution in [0, 0.1) is 0 Å². The van der Waals surface area contributed by atoms with Crippen LogP contribution in [0.4, 0.5) is 5.69 Å². The second-order valence-corrected chi connectivity index (χ2v) is 5.63. The first kappa shape index (κ1) is 11.1. The van der Waals surface area contributed by atoms with Crippen molar-refractivity contribution >= 4 is 5.69 Å². The van der Waals surface area contributed by atoms with Crippen LogP contribution in [-0.4, -0.2) is 37.1 Å². The van der Waals surface area contributed by atoms with Crippen LogP contribution in [0.2, 0.25) is 0 Å². The summed E-state index contributed by atoms with van der Waals surface area (Å²) in [6.07, 6.45) is 3.89. The van der Waals surface area contributed by atoms with Gasteiger partial charge in [0.15, 0.2) is 0 Å². The summed E-state index contributed by atoms with van der Waals surface area (Å²) in [6.45, 7) is 5.92. The highest BCUT2D eigenvalue weighted by molar-refractivity contribution is 5.52. The van der Waals surface area contributed by atoms with E-state index in [1.807, 2.05) is 0 Å². The highest BCUT2D eigenvalue weighted by Crippen LogP contribution is 2.38. The predicted octanol–water partition coefficient (Wildman–Crippen LogP) is 2.53. The zero-order valence-electron chi connectivity index (χ0n) is 10.9. The lowest BCUT2D eigenvalue weighted by atomic mass is 9.86. The van der Waals surface area contributed by atoms with Gasteiger partial charge >= 0.3 is 0 Å².